The number of hydrogen-bond donors (Lipinski definition) is 1. The molecule has 0 radical (unpaired) electrons. The van der Waals surface area contributed by atoms with E-state index in [9.17, 15) is 13.2 Å². The normalized spacial score (nSPS) is 19.4. The maximum absolute atomic E-state index is 13.4. The van der Waals surface area contributed by atoms with Gasteiger partial charge in [-0.05, 0) is 48.4 Å². The van der Waals surface area contributed by atoms with Crippen LogP contribution in [0.3, 0.4) is 0 Å². The van der Waals surface area contributed by atoms with Crippen LogP contribution in [0.15, 0.2) is 65.0 Å². The Kier molecular flexibility index (Phi) is 5.22. The number of piperidine rings is 1. The fraction of sp³-hybridized carbons (Fsp3) is 0.333. The Balaban J connectivity index is 1.26. The van der Waals surface area contributed by atoms with Gasteiger partial charge < -0.3 is 10.6 Å². The maximum atomic E-state index is 13.4. The molecule has 2 N–H and O–H groups in total. The highest BCUT2D eigenvalue weighted by molar-refractivity contribution is 7.99. The summed E-state index contributed by atoms with van der Waals surface area (Å²) in [6, 6.07) is 6.89. The van der Waals surface area contributed by atoms with Gasteiger partial charge in [-0.1, -0.05) is 17.8 Å². The van der Waals surface area contributed by atoms with Crippen LogP contribution in [0.2, 0.25) is 0 Å². The third-order valence-corrected chi connectivity index (χ3v) is 8.17. The highest BCUT2D eigenvalue weighted by Crippen LogP contribution is 2.50. The molecule has 1 aliphatic heterocycles. The molecule has 0 aromatic carbocycles. The van der Waals surface area contributed by atoms with Crippen molar-refractivity contribution >= 4 is 23.4 Å². The van der Waals surface area contributed by atoms with E-state index in [1.165, 1.54) is 12.1 Å². The van der Waals surface area contributed by atoms with Crippen molar-refractivity contribution in [3.05, 3.63) is 72.2 Å². The average molecular weight is 498 g/mol. The van der Waals surface area contributed by atoms with Crippen molar-refractivity contribution in [3.8, 4) is 0 Å². The molecule has 0 unspecified atom stereocenters. The Hall–Kier alpha value is -3.18. The molecule has 4 aromatic rings. The van der Waals surface area contributed by atoms with Gasteiger partial charge in [0.15, 0.2) is 11.3 Å². The number of imidazole rings is 1. The summed E-state index contributed by atoms with van der Waals surface area (Å²) >= 11 is 0.969. The number of nitrogens with zero attached hydrogens (tertiary/aromatic N) is 6. The lowest BCUT2D eigenvalue weighted by Gasteiger charge is -2.42. The van der Waals surface area contributed by atoms with Crippen LogP contribution >= 0.6 is 11.8 Å². The predicted octanol–water partition coefficient (Wildman–Crippen LogP) is 4.53. The Morgan fingerprint density at radius 2 is 1.74 bits per heavy atom. The summed E-state index contributed by atoms with van der Waals surface area (Å²) in [5.74, 6) is 0.723. The molecule has 180 valence electrons. The van der Waals surface area contributed by atoms with E-state index in [1.54, 1.807) is 18.6 Å². The number of anilines is 1. The first-order valence-electron chi connectivity index (χ1n) is 11.3. The molecule has 0 saturated carbocycles. The molecule has 1 spiro atoms. The van der Waals surface area contributed by atoms with Crippen LogP contribution in [0.1, 0.15) is 35.8 Å². The summed E-state index contributed by atoms with van der Waals surface area (Å²) < 4.78 is 42.1. The maximum Gasteiger partial charge on any atom is 0.434 e. The lowest BCUT2D eigenvalue weighted by Crippen LogP contribution is -2.45. The van der Waals surface area contributed by atoms with Crippen LogP contribution in [0.25, 0.3) is 5.65 Å². The van der Waals surface area contributed by atoms with E-state index in [0.29, 0.717) is 10.5 Å². The third-order valence-electron chi connectivity index (χ3n) is 7.11. The second-order valence-corrected chi connectivity index (χ2v) is 10.1. The largest absolute Gasteiger partial charge is 0.434 e. The van der Waals surface area contributed by atoms with Gasteiger partial charge in [0.05, 0.1) is 4.90 Å². The van der Waals surface area contributed by atoms with Crippen LogP contribution in [-0.4, -0.2) is 37.4 Å². The minimum atomic E-state index is -4.54. The predicted molar refractivity (Wildman–Crippen MR) is 125 cm³/mol. The fourth-order valence-electron chi connectivity index (χ4n) is 5.29. The first kappa shape index (κ1) is 22.3. The lowest BCUT2D eigenvalue weighted by atomic mass is 9.73. The summed E-state index contributed by atoms with van der Waals surface area (Å²) in [5, 5.41) is 0. The monoisotopic (exact) mass is 497 g/mol. The zero-order valence-corrected chi connectivity index (χ0v) is 19.4. The lowest BCUT2D eigenvalue weighted by molar-refractivity contribution is -0.143. The molecule has 35 heavy (non-hydrogen) atoms. The summed E-state index contributed by atoms with van der Waals surface area (Å²) in [6.45, 7) is 1.55. The average Bonchev–Trinajstić information content (AvgIpc) is 3.44. The number of pyridine rings is 2. The van der Waals surface area contributed by atoms with Gasteiger partial charge >= 0.3 is 6.18 Å². The van der Waals surface area contributed by atoms with Gasteiger partial charge in [-0.25, -0.2) is 9.97 Å². The van der Waals surface area contributed by atoms with Crippen molar-refractivity contribution in [1.82, 2.24) is 24.3 Å². The highest BCUT2D eigenvalue weighted by atomic mass is 32.2. The van der Waals surface area contributed by atoms with Crippen molar-refractivity contribution < 1.29 is 13.2 Å². The molecule has 7 nitrogen and oxygen atoms in total. The molecule has 6 rings (SSSR count). The molecule has 4 aromatic heterocycles. The van der Waals surface area contributed by atoms with Crippen LogP contribution < -0.4 is 10.6 Å². The first-order chi connectivity index (χ1) is 16.9. The summed E-state index contributed by atoms with van der Waals surface area (Å²) in [5.41, 5.74) is 8.55. The SMILES string of the molecule is N[C@@H]1c2cccnc2CC12CCN(c1ncc(Sc3cccnc3C(F)(F)F)c3nccn13)CC2. The molecule has 0 bridgehead atoms. The molecule has 0 amide bonds. The molecule has 5 heterocycles. The van der Waals surface area contributed by atoms with Crippen molar-refractivity contribution in [2.45, 2.75) is 41.3 Å². The minimum Gasteiger partial charge on any atom is -0.342 e. The van der Waals surface area contributed by atoms with Crippen molar-refractivity contribution in [2.24, 2.45) is 11.1 Å². The van der Waals surface area contributed by atoms with Crippen LogP contribution in [0.4, 0.5) is 19.1 Å². The Morgan fingerprint density at radius 3 is 2.51 bits per heavy atom. The number of rotatable bonds is 3. The topological polar surface area (TPSA) is 85.2 Å². The molecule has 1 saturated heterocycles. The van der Waals surface area contributed by atoms with Gasteiger partial charge in [-0.15, -0.1) is 0 Å². The fourth-order valence-corrected chi connectivity index (χ4v) is 6.28. The van der Waals surface area contributed by atoms with Crippen LogP contribution in [-0.2, 0) is 12.6 Å². The van der Waals surface area contributed by atoms with Crippen molar-refractivity contribution in [2.75, 3.05) is 18.0 Å². The molecule has 1 fully saturated rings. The summed E-state index contributed by atoms with van der Waals surface area (Å²) in [7, 11) is 0. The van der Waals surface area contributed by atoms with Gasteiger partial charge in [-0.2, -0.15) is 13.2 Å². The quantitative estimate of drug-likeness (QED) is 0.445. The Labute approximate surface area is 203 Å². The number of aromatic nitrogens is 5. The highest BCUT2D eigenvalue weighted by Gasteiger charge is 2.47. The van der Waals surface area contributed by atoms with Gasteiger partial charge in [0.1, 0.15) is 0 Å². The van der Waals surface area contributed by atoms with E-state index in [2.05, 4.69) is 30.9 Å². The molecular weight excluding hydrogens is 475 g/mol. The van der Waals surface area contributed by atoms with Crippen LogP contribution in [0.5, 0.6) is 0 Å². The smallest absolute Gasteiger partial charge is 0.342 e. The molecular formula is C24H22F3N7S. The number of fused-ring (bicyclic) bond motifs is 2. The second kappa shape index (κ2) is 8.20. The van der Waals surface area contributed by atoms with E-state index in [0.717, 1.165) is 67.5 Å². The van der Waals surface area contributed by atoms with E-state index >= 15 is 0 Å². The van der Waals surface area contributed by atoms with Gasteiger partial charge in [0.25, 0.3) is 0 Å². The number of halogens is 3. The molecule has 2 aliphatic rings. The van der Waals surface area contributed by atoms with Gasteiger partial charge in [0.2, 0.25) is 5.95 Å². The van der Waals surface area contributed by atoms with Crippen molar-refractivity contribution in [1.29, 1.82) is 0 Å². The van der Waals surface area contributed by atoms with E-state index in [4.69, 9.17) is 5.73 Å². The number of nitrogens with two attached hydrogens (primary N) is 1. The Morgan fingerprint density at radius 1 is 0.971 bits per heavy atom. The van der Waals surface area contributed by atoms with Gasteiger partial charge in [-0.3, -0.25) is 14.4 Å². The summed E-state index contributed by atoms with van der Waals surface area (Å²) in [6.07, 6.45) is 6.15. The standard InChI is InChI=1S/C24H22F3N7S/c25-24(26,27)20-17(4-2-8-30-20)35-18-14-32-22(34-12-9-31-21(18)34)33-10-5-23(6-11-33)13-16-15(19(23)28)3-1-7-29-16/h1-4,7-9,12,14,19H,5-6,10-11,13,28H2/t19-/m1/s1. The zero-order chi connectivity index (χ0) is 24.2. The third kappa shape index (κ3) is 3.73. The van der Waals surface area contributed by atoms with Crippen LogP contribution in [0, 0.1) is 5.41 Å². The van der Waals surface area contributed by atoms with E-state index in [1.807, 2.05) is 16.7 Å². The summed E-state index contributed by atoms with van der Waals surface area (Å²) in [4.78, 5) is 19.9. The van der Waals surface area contributed by atoms with E-state index < -0.39 is 11.9 Å². The minimum absolute atomic E-state index is 0.00859. The molecule has 1 aliphatic carbocycles. The molecule has 11 heteroatoms. The number of hydrogen-bond acceptors (Lipinski definition) is 7. The Bertz CT molecular complexity index is 1400. The number of alkyl halides is 3. The van der Waals surface area contributed by atoms with E-state index in [-0.39, 0.29) is 16.4 Å². The van der Waals surface area contributed by atoms with Crippen molar-refractivity contribution in [3.63, 3.8) is 0 Å². The second-order valence-electron chi connectivity index (χ2n) is 9.04. The zero-order valence-electron chi connectivity index (χ0n) is 18.6. The molecule has 1 atom stereocenters. The first-order valence-corrected chi connectivity index (χ1v) is 12.1. The van der Waals surface area contributed by atoms with Gasteiger partial charge in [0, 0.05) is 60.7 Å².